The number of nitrogens with zero attached hydrogens (tertiary/aromatic N) is 3. The summed E-state index contributed by atoms with van der Waals surface area (Å²) in [4.78, 5) is 56.9. The first-order valence-corrected chi connectivity index (χ1v) is 21.2. The summed E-state index contributed by atoms with van der Waals surface area (Å²) in [7, 11) is 2.98. The van der Waals surface area contributed by atoms with Crippen LogP contribution in [0.25, 0.3) is 22.4 Å². The third-order valence-corrected chi connectivity index (χ3v) is 13.2. The topological polar surface area (TPSA) is 145 Å². The molecule has 2 aliphatic rings. The molecule has 4 aromatic rings. The summed E-state index contributed by atoms with van der Waals surface area (Å²) in [6.07, 6.45) is 10.4. The third-order valence-electron chi connectivity index (χ3n) is 12.8. The SMILES string of the molecule is CCC(CC[C@]1(CC)CCC(CC)C(=O)N1)CC1CCc2cc(-c3cccc(-c4cccc(NC(=O)c5cn(C[C@H](C)O)c(=O)n(C)c5=O)c4C)c3Cl)nc(OC)c21. The summed E-state index contributed by atoms with van der Waals surface area (Å²) < 4.78 is 8.02. The predicted octanol–water partition coefficient (Wildman–Crippen LogP) is 8.19. The highest BCUT2D eigenvalue weighted by Crippen LogP contribution is 2.47. The average Bonchev–Trinajstić information content (AvgIpc) is 3.62. The van der Waals surface area contributed by atoms with Gasteiger partial charge in [0.1, 0.15) is 5.56 Å². The van der Waals surface area contributed by atoms with Crippen molar-refractivity contribution in [1.82, 2.24) is 19.4 Å². The zero-order valence-electron chi connectivity index (χ0n) is 34.9. The Balaban J connectivity index is 1.23. The molecule has 3 heterocycles. The van der Waals surface area contributed by atoms with Crippen LogP contribution in [0.3, 0.4) is 0 Å². The molecule has 1 aliphatic carbocycles. The number of aromatic nitrogens is 3. The second kappa shape index (κ2) is 18.0. The minimum Gasteiger partial charge on any atom is -0.481 e. The quantitative estimate of drug-likeness (QED) is 0.110. The number of hydrogen-bond donors (Lipinski definition) is 3. The van der Waals surface area contributed by atoms with Crippen LogP contribution in [0.4, 0.5) is 5.69 Å². The van der Waals surface area contributed by atoms with E-state index in [0.29, 0.717) is 28.4 Å². The van der Waals surface area contributed by atoms with Crippen LogP contribution in [-0.2, 0) is 24.8 Å². The summed E-state index contributed by atoms with van der Waals surface area (Å²) in [6, 6.07) is 13.4. The largest absolute Gasteiger partial charge is 0.481 e. The van der Waals surface area contributed by atoms with Crippen LogP contribution in [0.1, 0.15) is 118 Å². The zero-order valence-corrected chi connectivity index (χ0v) is 35.7. The Kier molecular flexibility index (Phi) is 13.3. The number of carbonyl (C=O) groups excluding carboxylic acids is 2. The number of carbonyl (C=O) groups is 2. The number of aliphatic hydroxyl groups is 1. The molecule has 12 heteroatoms. The van der Waals surface area contributed by atoms with Crippen molar-refractivity contribution in [3.05, 3.63) is 96.8 Å². The lowest BCUT2D eigenvalue weighted by Gasteiger charge is -2.41. The highest BCUT2D eigenvalue weighted by atomic mass is 35.5. The fraction of sp³-hybridized carbons (Fsp3) is 0.500. The first kappa shape index (κ1) is 42.9. The normalized spacial score (nSPS) is 20.0. The van der Waals surface area contributed by atoms with E-state index < -0.39 is 23.3 Å². The van der Waals surface area contributed by atoms with Crippen LogP contribution in [0, 0.1) is 18.8 Å². The van der Waals surface area contributed by atoms with Gasteiger partial charge in [-0.1, -0.05) is 69.1 Å². The first-order chi connectivity index (χ1) is 27.7. The summed E-state index contributed by atoms with van der Waals surface area (Å²) in [5.74, 6) is 1.18. The number of rotatable bonds is 15. The van der Waals surface area contributed by atoms with Crippen molar-refractivity contribution in [2.75, 3.05) is 12.4 Å². The maximum Gasteiger partial charge on any atom is 0.330 e. The van der Waals surface area contributed by atoms with Crippen LogP contribution in [0.5, 0.6) is 5.88 Å². The van der Waals surface area contributed by atoms with Crippen LogP contribution < -0.4 is 26.6 Å². The molecule has 3 unspecified atom stereocenters. The molecule has 2 aromatic carbocycles. The van der Waals surface area contributed by atoms with Gasteiger partial charge in [-0.25, -0.2) is 9.78 Å². The van der Waals surface area contributed by atoms with Gasteiger partial charge in [0.05, 0.1) is 30.5 Å². The Bertz CT molecular complexity index is 2300. The van der Waals surface area contributed by atoms with E-state index in [1.807, 2.05) is 37.3 Å². The minimum absolute atomic E-state index is 0.0659. The van der Waals surface area contributed by atoms with Gasteiger partial charge >= 0.3 is 5.69 Å². The molecule has 1 fully saturated rings. The summed E-state index contributed by atoms with van der Waals surface area (Å²) in [5, 5.41) is 16.7. The Morgan fingerprint density at radius 2 is 1.81 bits per heavy atom. The lowest BCUT2D eigenvalue weighted by Crippen LogP contribution is -2.54. The average molecular weight is 812 g/mol. The molecule has 1 saturated heterocycles. The van der Waals surface area contributed by atoms with E-state index in [-0.39, 0.29) is 29.5 Å². The van der Waals surface area contributed by atoms with Crippen LogP contribution in [0.15, 0.2) is 58.3 Å². The first-order valence-electron chi connectivity index (χ1n) is 20.8. The maximum absolute atomic E-state index is 13.5. The second-order valence-corrected chi connectivity index (χ2v) is 16.8. The molecule has 58 heavy (non-hydrogen) atoms. The zero-order chi connectivity index (χ0) is 41.9. The summed E-state index contributed by atoms with van der Waals surface area (Å²) in [6.45, 7) is 9.90. The molecule has 6 rings (SSSR count). The van der Waals surface area contributed by atoms with Crippen molar-refractivity contribution in [2.24, 2.45) is 18.9 Å². The van der Waals surface area contributed by atoms with Gasteiger partial charge in [0.2, 0.25) is 11.8 Å². The van der Waals surface area contributed by atoms with Crippen molar-refractivity contribution in [3.8, 4) is 28.3 Å². The maximum atomic E-state index is 13.5. The van der Waals surface area contributed by atoms with E-state index in [1.165, 1.54) is 31.3 Å². The molecule has 310 valence electrons. The molecule has 5 atom stereocenters. The van der Waals surface area contributed by atoms with E-state index >= 15 is 0 Å². The van der Waals surface area contributed by atoms with E-state index in [9.17, 15) is 24.3 Å². The Hall–Kier alpha value is -4.74. The molecular weight excluding hydrogens is 754 g/mol. The number of nitrogens with one attached hydrogen (secondary N) is 2. The predicted molar refractivity (Wildman–Crippen MR) is 230 cm³/mol. The number of benzene rings is 2. The molecule has 2 amide bonds. The van der Waals surface area contributed by atoms with Gasteiger partial charge in [-0.15, -0.1) is 0 Å². The van der Waals surface area contributed by atoms with Gasteiger partial charge in [0.15, 0.2) is 0 Å². The van der Waals surface area contributed by atoms with Crippen molar-refractivity contribution in [3.63, 3.8) is 0 Å². The van der Waals surface area contributed by atoms with Crippen molar-refractivity contribution in [1.29, 1.82) is 0 Å². The Morgan fingerprint density at radius 1 is 1.09 bits per heavy atom. The molecule has 0 spiro atoms. The number of piperidine rings is 1. The molecule has 3 N–H and O–H groups in total. The van der Waals surface area contributed by atoms with Crippen LogP contribution >= 0.6 is 11.6 Å². The lowest BCUT2D eigenvalue weighted by atomic mass is 9.75. The fourth-order valence-electron chi connectivity index (χ4n) is 9.11. The minimum atomic E-state index is -0.855. The second-order valence-electron chi connectivity index (χ2n) is 16.4. The van der Waals surface area contributed by atoms with E-state index in [2.05, 4.69) is 37.5 Å². The number of aryl methyl sites for hydroxylation is 1. The molecule has 2 aromatic heterocycles. The molecule has 0 radical (unpaired) electrons. The Labute approximate surface area is 346 Å². The lowest BCUT2D eigenvalue weighted by molar-refractivity contribution is -0.130. The van der Waals surface area contributed by atoms with Crippen molar-refractivity contribution < 1.29 is 19.4 Å². The van der Waals surface area contributed by atoms with Gasteiger partial charge < -0.3 is 20.5 Å². The number of anilines is 1. The number of aliphatic hydroxyl groups excluding tert-OH is 1. The number of hydrogen-bond acceptors (Lipinski definition) is 7. The molecule has 1 aliphatic heterocycles. The Morgan fingerprint density at radius 3 is 2.48 bits per heavy atom. The van der Waals surface area contributed by atoms with E-state index in [0.717, 1.165) is 101 Å². The fourth-order valence-corrected chi connectivity index (χ4v) is 9.44. The molecule has 0 bridgehead atoms. The number of amides is 2. The standard InChI is InChI=1S/C46H58ClN5O6/c1-8-29(19-21-46(10-3)22-20-30(9-2)41(54)50-46)23-31-17-18-32-24-38(49-43(58-7)39(31)32)35-15-11-14-34(40(35)47)33-13-12-16-37(28(33)5)48-42(55)36-26-52(25-27(4)53)45(57)51(6)44(36)56/h11-16,24,26-27,29-31,53H,8-10,17-23,25H2,1-7H3,(H,48,55)(H,50,54)/t27-,29?,30?,31?,46+/m0/s1. The van der Waals surface area contributed by atoms with E-state index in [1.54, 1.807) is 13.2 Å². The van der Waals surface area contributed by atoms with E-state index in [4.69, 9.17) is 21.3 Å². The molecule has 11 nitrogen and oxygen atoms in total. The number of methoxy groups -OCH3 is 1. The number of halogens is 1. The van der Waals surface area contributed by atoms with Crippen LogP contribution in [-0.4, -0.2) is 49.8 Å². The summed E-state index contributed by atoms with van der Waals surface area (Å²) in [5.41, 5.74) is 4.98. The van der Waals surface area contributed by atoms with Crippen molar-refractivity contribution in [2.45, 2.75) is 123 Å². The van der Waals surface area contributed by atoms with Gasteiger partial charge in [0, 0.05) is 47.1 Å². The third kappa shape index (κ3) is 8.66. The summed E-state index contributed by atoms with van der Waals surface area (Å²) >= 11 is 7.23. The van der Waals surface area contributed by atoms with Gasteiger partial charge in [-0.2, -0.15) is 0 Å². The smallest absolute Gasteiger partial charge is 0.330 e. The van der Waals surface area contributed by atoms with Crippen molar-refractivity contribution >= 4 is 29.1 Å². The molecular formula is C46H58ClN5O6. The molecule has 0 saturated carbocycles. The highest BCUT2D eigenvalue weighted by molar-refractivity contribution is 6.36. The van der Waals surface area contributed by atoms with Gasteiger partial charge in [0.25, 0.3) is 11.5 Å². The van der Waals surface area contributed by atoms with Crippen LogP contribution in [0.2, 0.25) is 5.02 Å². The highest BCUT2D eigenvalue weighted by Gasteiger charge is 2.38. The van der Waals surface area contributed by atoms with Gasteiger partial charge in [-0.05, 0) is 112 Å². The monoisotopic (exact) mass is 811 g/mol. The van der Waals surface area contributed by atoms with Gasteiger partial charge in [-0.3, -0.25) is 23.5 Å². The number of ether oxygens (including phenoxy) is 1. The number of pyridine rings is 1. The number of fused-ring (bicyclic) bond motifs is 1.